The van der Waals surface area contributed by atoms with Crippen LogP contribution in [0.4, 0.5) is 0 Å². The minimum absolute atomic E-state index is 0.0370. The Morgan fingerprint density at radius 1 is 1.00 bits per heavy atom. The van der Waals surface area contributed by atoms with Crippen LogP contribution in [0, 0.1) is 0 Å². The zero-order valence-electron chi connectivity index (χ0n) is 9.19. The fourth-order valence-corrected chi connectivity index (χ4v) is 0.654. The van der Waals surface area contributed by atoms with E-state index in [4.69, 9.17) is 9.47 Å². The van der Waals surface area contributed by atoms with Gasteiger partial charge in [0, 0.05) is 26.1 Å². The summed E-state index contributed by atoms with van der Waals surface area (Å²) >= 11 is 0. The molecule has 0 aliphatic carbocycles. The van der Waals surface area contributed by atoms with Gasteiger partial charge >= 0.3 is 0 Å². The smallest absolute Gasteiger partial charge is 0.154 e. The molecule has 0 saturated heterocycles. The molecule has 0 aliphatic rings. The number of aldehydes is 2. The van der Waals surface area contributed by atoms with Crippen LogP contribution in [-0.2, 0) is 19.1 Å². The van der Waals surface area contributed by atoms with Gasteiger partial charge in [-0.1, -0.05) is 0 Å². The number of hydrogen-bond acceptors (Lipinski definition) is 4. The molecule has 0 rings (SSSR count). The lowest BCUT2D eigenvalue weighted by molar-refractivity contribution is -0.123. The monoisotopic (exact) mass is 204 g/mol. The Morgan fingerprint density at radius 3 is 1.57 bits per heavy atom. The first-order chi connectivity index (χ1) is 6.72. The predicted octanol–water partition coefficient (Wildman–Crippen LogP) is 1.57. The maximum Gasteiger partial charge on any atom is 0.154 e. The van der Waals surface area contributed by atoms with Crippen molar-refractivity contribution in [3.8, 4) is 0 Å². The van der Waals surface area contributed by atoms with Crippen LogP contribution in [0.2, 0.25) is 0 Å². The second-order valence-corrected chi connectivity index (χ2v) is 2.39. The third kappa shape index (κ3) is 17.4. The average molecular weight is 204 g/mol. The normalized spacial score (nSPS) is 9.14. The van der Waals surface area contributed by atoms with E-state index in [1.807, 2.05) is 20.8 Å². The third-order valence-electron chi connectivity index (χ3n) is 1.21. The molecule has 0 unspecified atom stereocenters. The maximum atomic E-state index is 9.40. The minimum atomic E-state index is -0.0370. The summed E-state index contributed by atoms with van der Waals surface area (Å²) < 4.78 is 10.1. The van der Waals surface area contributed by atoms with Gasteiger partial charge in [-0.3, -0.25) is 0 Å². The van der Waals surface area contributed by atoms with E-state index in [0.29, 0.717) is 12.8 Å². The van der Waals surface area contributed by atoms with Crippen LogP contribution in [0.15, 0.2) is 0 Å². The zero-order valence-corrected chi connectivity index (χ0v) is 9.19. The fourth-order valence-electron chi connectivity index (χ4n) is 0.654. The quantitative estimate of drug-likeness (QED) is 0.359. The van der Waals surface area contributed by atoms with Crippen molar-refractivity contribution in [2.45, 2.75) is 39.9 Å². The molecule has 4 heteroatoms. The number of carbonyl (C=O) groups is 2. The lowest BCUT2D eigenvalue weighted by Gasteiger charge is -2.09. The molecule has 0 saturated carbocycles. The Balaban J connectivity index is 0. The summed E-state index contributed by atoms with van der Waals surface area (Å²) in [7, 11) is 0. The van der Waals surface area contributed by atoms with E-state index in [1.165, 1.54) is 0 Å². The largest absolute Gasteiger partial charge is 0.353 e. The summed E-state index contributed by atoms with van der Waals surface area (Å²) in [6.07, 6.45) is 2.15. The molecule has 0 fully saturated rings. The highest BCUT2D eigenvalue weighted by Crippen LogP contribution is 1.90. The van der Waals surface area contributed by atoms with Crippen molar-refractivity contribution in [2.75, 3.05) is 13.2 Å². The summed E-state index contributed by atoms with van der Waals surface area (Å²) in [6.45, 7) is 7.25. The number of hydrogen-bond donors (Lipinski definition) is 0. The van der Waals surface area contributed by atoms with Crippen LogP contribution in [0.5, 0.6) is 0 Å². The van der Waals surface area contributed by atoms with Gasteiger partial charge in [-0.15, -0.1) is 0 Å². The molecule has 0 amide bonds. The van der Waals surface area contributed by atoms with E-state index in [0.717, 1.165) is 25.8 Å². The molecule has 0 aliphatic heterocycles. The van der Waals surface area contributed by atoms with Crippen LogP contribution in [-0.4, -0.2) is 32.1 Å². The standard InChI is InChI=1S/C6H14O2.C4H6O2/c1-4-7-6(3)8-5-2;5-3-1-2-4-6/h6H,4-5H2,1-3H3;3-4H,1-2H2. The van der Waals surface area contributed by atoms with Gasteiger partial charge in [0.05, 0.1) is 0 Å². The van der Waals surface area contributed by atoms with Crippen LogP contribution in [0.3, 0.4) is 0 Å². The van der Waals surface area contributed by atoms with Gasteiger partial charge in [0.25, 0.3) is 0 Å². The maximum absolute atomic E-state index is 9.40. The average Bonchev–Trinajstić information content (AvgIpc) is 2.16. The third-order valence-corrected chi connectivity index (χ3v) is 1.21. The minimum Gasteiger partial charge on any atom is -0.353 e. The van der Waals surface area contributed by atoms with E-state index in [2.05, 4.69) is 0 Å². The summed E-state index contributed by atoms with van der Waals surface area (Å²) in [4.78, 5) is 18.8. The predicted molar refractivity (Wildman–Crippen MR) is 54.1 cm³/mol. The molecular formula is C10H20O4. The molecule has 0 heterocycles. The van der Waals surface area contributed by atoms with Crippen LogP contribution in [0.25, 0.3) is 0 Å². The Labute approximate surface area is 85.6 Å². The van der Waals surface area contributed by atoms with Gasteiger partial charge in [-0.2, -0.15) is 0 Å². The lowest BCUT2D eigenvalue weighted by Crippen LogP contribution is -2.11. The fraction of sp³-hybridized carbons (Fsp3) is 0.800. The van der Waals surface area contributed by atoms with E-state index >= 15 is 0 Å². The van der Waals surface area contributed by atoms with Gasteiger partial charge in [0.15, 0.2) is 6.29 Å². The van der Waals surface area contributed by atoms with Crippen molar-refractivity contribution < 1.29 is 19.1 Å². The van der Waals surface area contributed by atoms with Crippen molar-refractivity contribution in [1.29, 1.82) is 0 Å². The molecule has 4 nitrogen and oxygen atoms in total. The molecule has 0 aromatic rings. The Kier molecular flexibility index (Phi) is 16.6. The van der Waals surface area contributed by atoms with E-state index in [1.54, 1.807) is 0 Å². The number of ether oxygens (including phenoxy) is 2. The van der Waals surface area contributed by atoms with Gasteiger partial charge in [0.2, 0.25) is 0 Å². The van der Waals surface area contributed by atoms with Gasteiger partial charge in [-0.05, 0) is 20.8 Å². The molecule has 0 spiro atoms. The number of rotatable bonds is 7. The molecule has 0 aromatic carbocycles. The van der Waals surface area contributed by atoms with Gasteiger partial charge in [0.1, 0.15) is 12.6 Å². The highest BCUT2D eigenvalue weighted by Gasteiger charge is 1.94. The summed E-state index contributed by atoms with van der Waals surface area (Å²) in [5.74, 6) is 0. The molecule has 0 atom stereocenters. The molecule has 0 aromatic heterocycles. The zero-order chi connectivity index (χ0) is 11.2. The molecule has 14 heavy (non-hydrogen) atoms. The van der Waals surface area contributed by atoms with Crippen LogP contribution in [0.1, 0.15) is 33.6 Å². The Hall–Kier alpha value is -0.740. The molecule has 0 bridgehead atoms. The van der Waals surface area contributed by atoms with Crippen molar-refractivity contribution in [3.05, 3.63) is 0 Å². The first-order valence-electron chi connectivity index (χ1n) is 4.83. The first kappa shape index (κ1) is 15.7. The number of carbonyl (C=O) groups excluding carboxylic acids is 2. The Bertz CT molecular complexity index is 111. The highest BCUT2D eigenvalue weighted by molar-refractivity contribution is 5.58. The van der Waals surface area contributed by atoms with E-state index in [9.17, 15) is 9.59 Å². The van der Waals surface area contributed by atoms with Crippen molar-refractivity contribution in [2.24, 2.45) is 0 Å². The van der Waals surface area contributed by atoms with E-state index in [-0.39, 0.29) is 6.29 Å². The van der Waals surface area contributed by atoms with Gasteiger partial charge in [-0.25, -0.2) is 0 Å². The van der Waals surface area contributed by atoms with E-state index < -0.39 is 0 Å². The summed E-state index contributed by atoms with van der Waals surface area (Å²) in [5.41, 5.74) is 0. The number of unbranched alkanes of at least 4 members (excludes halogenated alkanes) is 1. The lowest BCUT2D eigenvalue weighted by atomic mass is 10.4. The Morgan fingerprint density at radius 2 is 1.36 bits per heavy atom. The van der Waals surface area contributed by atoms with Crippen LogP contribution >= 0.6 is 0 Å². The first-order valence-corrected chi connectivity index (χ1v) is 4.83. The second kappa shape index (κ2) is 14.8. The van der Waals surface area contributed by atoms with Crippen LogP contribution < -0.4 is 0 Å². The summed E-state index contributed by atoms with van der Waals surface area (Å²) in [6, 6.07) is 0. The SMILES string of the molecule is CCOC(C)OCC.O=CCCC=O. The van der Waals surface area contributed by atoms with Gasteiger partial charge < -0.3 is 19.1 Å². The van der Waals surface area contributed by atoms with Crippen molar-refractivity contribution in [1.82, 2.24) is 0 Å². The molecular weight excluding hydrogens is 184 g/mol. The molecule has 84 valence electrons. The topological polar surface area (TPSA) is 52.6 Å². The molecule has 0 radical (unpaired) electrons. The second-order valence-electron chi connectivity index (χ2n) is 2.39. The van der Waals surface area contributed by atoms with Crippen molar-refractivity contribution in [3.63, 3.8) is 0 Å². The molecule has 0 N–H and O–H groups in total. The van der Waals surface area contributed by atoms with Crippen molar-refractivity contribution >= 4 is 12.6 Å². The highest BCUT2D eigenvalue weighted by atomic mass is 16.7. The summed E-state index contributed by atoms with van der Waals surface area (Å²) in [5, 5.41) is 0.